The zero-order valence-corrected chi connectivity index (χ0v) is 13.0. The molecule has 1 aromatic carbocycles. The van der Waals surface area contributed by atoms with E-state index >= 15 is 0 Å². The Hall–Kier alpha value is -1.11. The highest BCUT2D eigenvalue weighted by molar-refractivity contribution is 7.92. The first kappa shape index (κ1) is 14.8. The number of anilines is 1. The number of ether oxygens (including phenoxy) is 2. The minimum Gasteiger partial charge on any atom is -0.398 e. The minimum atomic E-state index is -3.44. The standard InChI is InChI=1S/C15H21NO4S/c1-11-2-3-13(16)14(8-11)21(17,18)12-4-6-20-15(9-12)5-7-19-10-15/h2-3,8,12H,4-7,9-10,16H2,1H3. The number of benzene rings is 1. The molecule has 3 rings (SSSR count). The molecule has 0 aliphatic carbocycles. The van der Waals surface area contributed by atoms with Crippen molar-refractivity contribution in [2.24, 2.45) is 0 Å². The Balaban J connectivity index is 1.92. The molecule has 1 spiro atoms. The second-order valence-corrected chi connectivity index (χ2v) is 8.23. The van der Waals surface area contributed by atoms with E-state index in [1.807, 2.05) is 13.0 Å². The molecule has 5 nitrogen and oxygen atoms in total. The quantitative estimate of drug-likeness (QED) is 0.841. The van der Waals surface area contributed by atoms with Crippen molar-refractivity contribution >= 4 is 15.5 Å². The van der Waals surface area contributed by atoms with Crippen molar-refractivity contribution in [1.82, 2.24) is 0 Å². The van der Waals surface area contributed by atoms with Gasteiger partial charge in [-0.3, -0.25) is 0 Å². The lowest BCUT2D eigenvalue weighted by atomic mass is 9.93. The Morgan fingerprint density at radius 1 is 1.33 bits per heavy atom. The van der Waals surface area contributed by atoms with E-state index in [0.717, 1.165) is 12.0 Å². The molecule has 0 saturated carbocycles. The van der Waals surface area contributed by atoms with E-state index in [-0.39, 0.29) is 4.90 Å². The smallest absolute Gasteiger partial charge is 0.183 e. The summed E-state index contributed by atoms with van der Waals surface area (Å²) < 4.78 is 37.1. The Bertz CT molecular complexity index is 635. The molecule has 2 aliphatic rings. The second kappa shape index (κ2) is 5.26. The molecule has 2 fully saturated rings. The maximum absolute atomic E-state index is 12.9. The van der Waals surface area contributed by atoms with Crippen LogP contribution in [0.3, 0.4) is 0 Å². The molecule has 6 heteroatoms. The lowest BCUT2D eigenvalue weighted by Gasteiger charge is -2.36. The van der Waals surface area contributed by atoms with Crippen molar-refractivity contribution in [3.8, 4) is 0 Å². The fraction of sp³-hybridized carbons (Fsp3) is 0.600. The molecule has 116 valence electrons. The van der Waals surface area contributed by atoms with Gasteiger partial charge in [-0.1, -0.05) is 6.07 Å². The van der Waals surface area contributed by atoms with Crippen LogP contribution in [0, 0.1) is 6.92 Å². The molecule has 2 unspecified atom stereocenters. The van der Waals surface area contributed by atoms with Gasteiger partial charge in [-0.15, -0.1) is 0 Å². The van der Waals surface area contributed by atoms with E-state index in [0.29, 0.717) is 38.3 Å². The highest BCUT2D eigenvalue weighted by Gasteiger charge is 2.45. The molecule has 1 aromatic rings. The summed E-state index contributed by atoms with van der Waals surface area (Å²) in [6, 6.07) is 5.15. The van der Waals surface area contributed by atoms with Crippen LogP contribution in [0.2, 0.25) is 0 Å². The van der Waals surface area contributed by atoms with Gasteiger partial charge in [-0.05, 0) is 37.5 Å². The van der Waals surface area contributed by atoms with Crippen LogP contribution in [-0.2, 0) is 19.3 Å². The zero-order valence-electron chi connectivity index (χ0n) is 12.2. The number of hydrogen-bond acceptors (Lipinski definition) is 5. The molecular formula is C15H21NO4S. The van der Waals surface area contributed by atoms with Crippen LogP contribution in [0.15, 0.2) is 23.1 Å². The van der Waals surface area contributed by atoms with E-state index in [4.69, 9.17) is 15.2 Å². The van der Waals surface area contributed by atoms with Gasteiger partial charge in [0, 0.05) is 19.6 Å². The van der Waals surface area contributed by atoms with Crippen LogP contribution in [-0.4, -0.2) is 39.1 Å². The summed E-state index contributed by atoms with van der Waals surface area (Å²) in [5.74, 6) is 0. The van der Waals surface area contributed by atoms with E-state index in [9.17, 15) is 8.42 Å². The molecule has 2 heterocycles. The van der Waals surface area contributed by atoms with E-state index < -0.39 is 20.7 Å². The van der Waals surface area contributed by atoms with E-state index in [1.54, 1.807) is 12.1 Å². The highest BCUT2D eigenvalue weighted by atomic mass is 32.2. The van der Waals surface area contributed by atoms with Crippen LogP contribution in [0.4, 0.5) is 5.69 Å². The van der Waals surface area contributed by atoms with Crippen molar-refractivity contribution in [1.29, 1.82) is 0 Å². The number of nitrogen functional groups attached to an aromatic ring is 1. The lowest BCUT2D eigenvalue weighted by molar-refractivity contribution is -0.0778. The SMILES string of the molecule is Cc1ccc(N)c(S(=O)(=O)C2CCOC3(CCOC3)C2)c1. The Morgan fingerprint density at radius 3 is 2.86 bits per heavy atom. The van der Waals surface area contributed by atoms with Gasteiger partial charge in [0.15, 0.2) is 9.84 Å². The molecule has 0 radical (unpaired) electrons. The number of sulfone groups is 1. The summed E-state index contributed by atoms with van der Waals surface area (Å²) in [4.78, 5) is 0.253. The first-order chi connectivity index (χ1) is 9.93. The molecule has 21 heavy (non-hydrogen) atoms. The molecule has 2 saturated heterocycles. The topological polar surface area (TPSA) is 78.6 Å². The summed E-state index contributed by atoms with van der Waals surface area (Å²) in [6.45, 7) is 3.45. The molecule has 0 amide bonds. The third-order valence-electron chi connectivity index (χ3n) is 4.43. The van der Waals surface area contributed by atoms with Crippen LogP contribution >= 0.6 is 0 Å². The van der Waals surface area contributed by atoms with Crippen LogP contribution in [0.5, 0.6) is 0 Å². The number of aryl methyl sites for hydroxylation is 1. The number of rotatable bonds is 2. The van der Waals surface area contributed by atoms with Crippen LogP contribution < -0.4 is 5.73 Å². The van der Waals surface area contributed by atoms with Gasteiger partial charge in [0.05, 0.1) is 28.0 Å². The monoisotopic (exact) mass is 311 g/mol. The summed E-state index contributed by atoms with van der Waals surface area (Å²) in [6.07, 6.45) is 1.77. The summed E-state index contributed by atoms with van der Waals surface area (Å²) >= 11 is 0. The van der Waals surface area contributed by atoms with Crippen molar-refractivity contribution < 1.29 is 17.9 Å². The van der Waals surface area contributed by atoms with Gasteiger partial charge in [0.1, 0.15) is 0 Å². The summed E-state index contributed by atoms with van der Waals surface area (Å²) in [5.41, 5.74) is 6.69. The molecular weight excluding hydrogens is 290 g/mol. The molecule has 2 N–H and O–H groups in total. The molecule has 0 bridgehead atoms. The predicted octanol–water partition coefficient (Wildman–Crippen LogP) is 1.69. The molecule has 0 aromatic heterocycles. The summed E-state index contributed by atoms with van der Waals surface area (Å²) in [5, 5.41) is -0.447. The van der Waals surface area contributed by atoms with Crippen LogP contribution in [0.1, 0.15) is 24.8 Å². The minimum absolute atomic E-state index is 0.253. The third kappa shape index (κ3) is 2.67. The summed E-state index contributed by atoms with van der Waals surface area (Å²) in [7, 11) is -3.44. The van der Waals surface area contributed by atoms with E-state index in [1.165, 1.54) is 0 Å². The van der Waals surface area contributed by atoms with Gasteiger partial charge in [-0.2, -0.15) is 0 Å². The largest absolute Gasteiger partial charge is 0.398 e. The Kier molecular flexibility index (Phi) is 3.71. The van der Waals surface area contributed by atoms with Gasteiger partial charge < -0.3 is 15.2 Å². The van der Waals surface area contributed by atoms with Crippen molar-refractivity contribution in [2.75, 3.05) is 25.6 Å². The van der Waals surface area contributed by atoms with Gasteiger partial charge >= 0.3 is 0 Å². The zero-order chi connectivity index (χ0) is 15.1. The first-order valence-corrected chi connectivity index (χ1v) is 8.79. The maximum atomic E-state index is 12.9. The van der Waals surface area contributed by atoms with Gasteiger partial charge in [-0.25, -0.2) is 8.42 Å². The van der Waals surface area contributed by atoms with Crippen molar-refractivity contribution in [3.05, 3.63) is 23.8 Å². The molecule has 2 aliphatic heterocycles. The van der Waals surface area contributed by atoms with Gasteiger partial charge in [0.25, 0.3) is 0 Å². The van der Waals surface area contributed by atoms with Crippen molar-refractivity contribution in [3.63, 3.8) is 0 Å². The number of nitrogens with two attached hydrogens (primary N) is 1. The van der Waals surface area contributed by atoms with Crippen LogP contribution in [0.25, 0.3) is 0 Å². The Labute approximate surface area is 125 Å². The first-order valence-electron chi connectivity index (χ1n) is 7.25. The fourth-order valence-electron chi connectivity index (χ4n) is 3.18. The predicted molar refractivity (Wildman–Crippen MR) is 79.9 cm³/mol. The average Bonchev–Trinajstić information content (AvgIpc) is 2.89. The third-order valence-corrected chi connectivity index (χ3v) is 6.68. The normalized spacial score (nSPS) is 29.9. The highest BCUT2D eigenvalue weighted by Crippen LogP contribution is 2.38. The van der Waals surface area contributed by atoms with E-state index in [2.05, 4.69) is 0 Å². The molecule has 2 atom stereocenters. The average molecular weight is 311 g/mol. The lowest BCUT2D eigenvalue weighted by Crippen LogP contribution is -2.45. The fourth-order valence-corrected chi connectivity index (χ4v) is 5.21. The van der Waals surface area contributed by atoms with Crippen molar-refractivity contribution in [2.45, 2.75) is 41.9 Å². The Morgan fingerprint density at radius 2 is 2.14 bits per heavy atom. The number of hydrogen-bond donors (Lipinski definition) is 1. The maximum Gasteiger partial charge on any atom is 0.183 e. The van der Waals surface area contributed by atoms with Gasteiger partial charge in [0.2, 0.25) is 0 Å². The second-order valence-electron chi connectivity index (χ2n) is 6.04.